The Kier molecular flexibility index (Phi) is 6.20. The molecule has 148 valence electrons. The lowest BCUT2D eigenvalue weighted by Crippen LogP contribution is -2.00. The summed E-state index contributed by atoms with van der Waals surface area (Å²) in [5, 5.41) is 9.61. The van der Waals surface area contributed by atoms with Crippen molar-refractivity contribution in [3.8, 4) is 45.7 Å². The maximum absolute atomic E-state index is 9.61. The number of nitrogens with two attached hydrogens (primary N) is 1. The number of rotatable bonds is 7. The van der Waals surface area contributed by atoms with Crippen LogP contribution in [0.25, 0.3) is 22.4 Å². The summed E-state index contributed by atoms with van der Waals surface area (Å²) < 4.78 is 16.3. The van der Waals surface area contributed by atoms with Crippen LogP contribution in [0.3, 0.4) is 0 Å². The van der Waals surface area contributed by atoms with Crippen LogP contribution in [0.2, 0.25) is 0 Å². The average Bonchev–Trinajstić information content (AvgIpc) is 2.77. The summed E-state index contributed by atoms with van der Waals surface area (Å²) in [6.45, 7) is 2.72. The number of nitrogen functional groups attached to an aromatic ring is 1. The van der Waals surface area contributed by atoms with Gasteiger partial charge in [0.05, 0.1) is 26.5 Å². The molecule has 0 fully saturated rings. The van der Waals surface area contributed by atoms with E-state index in [1.165, 1.54) is 0 Å². The molecule has 0 spiro atoms. The third-order valence-corrected chi connectivity index (χ3v) is 4.48. The first-order valence-corrected chi connectivity index (χ1v) is 9.27. The molecule has 0 atom stereocenters. The highest BCUT2D eigenvalue weighted by Gasteiger charge is 2.15. The van der Waals surface area contributed by atoms with Crippen LogP contribution in [-0.2, 0) is 0 Å². The molecule has 0 aliphatic rings. The third kappa shape index (κ3) is 4.25. The van der Waals surface area contributed by atoms with Gasteiger partial charge in [0.15, 0.2) is 11.5 Å². The van der Waals surface area contributed by atoms with Crippen molar-refractivity contribution in [2.45, 2.75) is 13.3 Å². The van der Waals surface area contributed by atoms with E-state index in [2.05, 4.69) is 18.0 Å². The van der Waals surface area contributed by atoms with Crippen molar-refractivity contribution in [2.75, 3.05) is 26.6 Å². The van der Waals surface area contributed by atoms with Gasteiger partial charge in [0.25, 0.3) is 0 Å². The molecule has 0 saturated heterocycles. The van der Waals surface area contributed by atoms with Crippen LogP contribution in [0.15, 0.2) is 48.5 Å². The minimum absolute atomic E-state index is 0.182. The van der Waals surface area contributed by atoms with Gasteiger partial charge in [0.1, 0.15) is 23.2 Å². The second-order valence-electron chi connectivity index (χ2n) is 6.37. The molecular weight excluding hydrogens is 366 g/mol. The minimum Gasteiger partial charge on any atom is -0.494 e. The third-order valence-electron chi connectivity index (χ3n) is 4.48. The molecule has 0 radical (unpaired) electrons. The number of anilines is 1. The number of benzene rings is 2. The number of nitriles is 1. The Morgan fingerprint density at radius 2 is 1.66 bits per heavy atom. The smallest absolute Gasteiger partial charge is 0.161 e. The molecule has 0 unspecified atom stereocenters. The monoisotopic (exact) mass is 389 g/mol. The van der Waals surface area contributed by atoms with Crippen LogP contribution in [-0.4, -0.2) is 25.8 Å². The van der Waals surface area contributed by atoms with Crippen molar-refractivity contribution in [3.63, 3.8) is 0 Å². The molecule has 0 bridgehead atoms. The summed E-state index contributed by atoms with van der Waals surface area (Å²) in [6, 6.07) is 17.1. The number of methoxy groups -OCH3 is 2. The fraction of sp³-hybridized carbons (Fsp3) is 0.217. The minimum atomic E-state index is 0.182. The van der Waals surface area contributed by atoms with Crippen LogP contribution in [0.5, 0.6) is 17.2 Å². The van der Waals surface area contributed by atoms with Gasteiger partial charge >= 0.3 is 0 Å². The van der Waals surface area contributed by atoms with E-state index < -0.39 is 0 Å². The summed E-state index contributed by atoms with van der Waals surface area (Å²) in [6.07, 6.45) is 0.940. The van der Waals surface area contributed by atoms with E-state index in [4.69, 9.17) is 19.9 Å². The Morgan fingerprint density at radius 3 is 2.28 bits per heavy atom. The molecule has 6 nitrogen and oxygen atoms in total. The van der Waals surface area contributed by atoms with Gasteiger partial charge in [0, 0.05) is 11.1 Å². The van der Waals surface area contributed by atoms with E-state index in [1.54, 1.807) is 14.2 Å². The van der Waals surface area contributed by atoms with E-state index in [1.807, 2.05) is 48.5 Å². The Bertz CT molecular complexity index is 1040. The van der Waals surface area contributed by atoms with Gasteiger partial charge in [-0.2, -0.15) is 5.26 Å². The summed E-state index contributed by atoms with van der Waals surface area (Å²) in [4.78, 5) is 4.42. The molecule has 3 aromatic rings. The van der Waals surface area contributed by atoms with Gasteiger partial charge in [0.2, 0.25) is 0 Å². The SMILES string of the molecule is CCCOc1ccc(-c2cc(-c3ccc(OC)c(OC)c3)nc(N)c2C#N)cc1. The normalized spacial score (nSPS) is 10.3. The molecule has 2 N–H and O–H groups in total. The lowest BCUT2D eigenvalue weighted by atomic mass is 9.98. The van der Waals surface area contributed by atoms with Gasteiger partial charge in [-0.3, -0.25) is 0 Å². The van der Waals surface area contributed by atoms with Crippen molar-refractivity contribution in [1.82, 2.24) is 4.98 Å². The lowest BCUT2D eigenvalue weighted by molar-refractivity contribution is 0.317. The number of nitrogens with zero attached hydrogens (tertiary/aromatic N) is 2. The first-order valence-electron chi connectivity index (χ1n) is 9.27. The summed E-state index contributed by atoms with van der Waals surface area (Å²) in [7, 11) is 3.16. The molecule has 0 amide bonds. The number of hydrogen-bond donors (Lipinski definition) is 1. The number of aromatic nitrogens is 1. The summed E-state index contributed by atoms with van der Waals surface area (Å²) in [5.41, 5.74) is 9.49. The molecule has 1 heterocycles. The second-order valence-corrected chi connectivity index (χ2v) is 6.37. The molecule has 0 aliphatic carbocycles. The zero-order chi connectivity index (χ0) is 20.8. The molecule has 3 rings (SSSR count). The topological polar surface area (TPSA) is 90.4 Å². The quantitative estimate of drug-likeness (QED) is 0.631. The predicted octanol–water partition coefficient (Wildman–Crippen LogP) is 4.68. The van der Waals surface area contributed by atoms with Gasteiger partial charge < -0.3 is 19.9 Å². The second kappa shape index (κ2) is 8.98. The molecule has 29 heavy (non-hydrogen) atoms. The van der Waals surface area contributed by atoms with Crippen LogP contribution in [0.4, 0.5) is 5.82 Å². The van der Waals surface area contributed by atoms with Crippen LogP contribution in [0.1, 0.15) is 18.9 Å². The van der Waals surface area contributed by atoms with Gasteiger partial charge in [-0.25, -0.2) is 4.98 Å². The fourth-order valence-corrected chi connectivity index (χ4v) is 3.00. The molecule has 0 saturated carbocycles. The van der Waals surface area contributed by atoms with Crippen molar-refractivity contribution in [2.24, 2.45) is 0 Å². The van der Waals surface area contributed by atoms with Gasteiger partial charge in [-0.15, -0.1) is 0 Å². The van der Waals surface area contributed by atoms with Crippen molar-refractivity contribution < 1.29 is 14.2 Å². The van der Waals surface area contributed by atoms with Gasteiger partial charge in [-0.1, -0.05) is 19.1 Å². The highest BCUT2D eigenvalue weighted by molar-refractivity contribution is 5.80. The van der Waals surface area contributed by atoms with E-state index >= 15 is 0 Å². The Balaban J connectivity index is 2.07. The van der Waals surface area contributed by atoms with Gasteiger partial charge in [-0.05, 0) is 48.4 Å². The Morgan fingerprint density at radius 1 is 0.966 bits per heavy atom. The first kappa shape index (κ1) is 20.0. The Hall–Kier alpha value is -3.72. The van der Waals surface area contributed by atoms with Crippen LogP contribution in [0, 0.1) is 11.3 Å². The average molecular weight is 389 g/mol. The van der Waals surface area contributed by atoms with E-state index in [-0.39, 0.29) is 5.82 Å². The summed E-state index contributed by atoms with van der Waals surface area (Å²) >= 11 is 0. The molecule has 6 heteroatoms. The zero-order valence-corrected chi connectivity index (χ0v) is 16.7. The maximum atomic E-state index is 9.61. The van der Waals surface area contributed by atoms with Crippen molar-refractivity contribution in [1.29, 1.82) is 5.26 Å². The van der Waals surface area contributed by atoms with Crippen LogP contribution < -0.4 is 19.9 Å². The molecule has 1 aromatic heterocycles. The van der Waals surface area contributed by atoms with E-state index in [9.17, 15) is 5.26 Å². The predicted molar refractivity (Wildman–Crippen MR) is 113 cm³/mol. The summed E-state index contributed by atoms with van der Waals surface area (Å²) in [5.74, 6) is 2.19. The number of pyridine rings is 1. The fourth-order valence-electron chi connectivity index (χ4n) is 3.00. The lowest BCUT2D eigenvalue weighted by Gasteiger charge is -2.13. The molecular formula is C23H23N3O3. The standard InChI is InChI=1S/C23H23N3O3/c1-4-11-29-17-8-5-15(6-9-17)18-13-20(26-23(25)19(18)14-24)16-7-10-21(27-2)22(12-16)28-3/h5-10,12-13H,4,11H2,1-3H3,(H2,25,26). The number of ether oxygens (including phenoxy) is 3. The molecule has 0 aliphatic heterocycles. The van der Waals surface area contributed by atoms with E-state index in [0.29, 0.717) is 34.9 Å². The highest BCUT2D eigenvalue weighted by Crippen LogP contribution is 2.35. The maximum Gasteiger partial charge on any atom is 0.161 e. The first-order chi connectivity index (χ1) is 14.1. The Labute approximate surface area is 170 Å². The van der Waals surface area contributed by atoms with E-state index in [0.717, 1.165) is 23.3 Å². The molecule has 2 aromatic carbocycles. The zero-order valence-electron chi connectivity index (χ0n) is 16.7. The van der Waals surface area contributed by atoms with Crippen LogP contribution >= 0.6 is 0 Å². The highest BCUT2D eigenvalue weighted by atomic mass is 16.5. The van der Waals surface area contributed by atoms with Crippen molar-refractivity contribution in [3.05, 3.63) is 54.1 Å². The largest absolute Gasteiger partial charge is 0.494 e. The number of hydrogen-bond acceptors (Lipinski definition) is 6. The van der Waals surface area contributed by atoms with Crippen molar-refractivity contribution >= 4 is 5.82 Å².